The number of piperazine rings is 1. The number of methoxy groups -OCH3 is 1. The number of hydrogen-bond acceptors (Lipinski definition) is 13. The molecule has 4 fully saturated rings. The highest BCUT2D eigenvalue weighted by Gasteiger charge is 2.48. The Morgan fingerprint density at radius 1 is 0.973 bits per heavy atom. The Morgan fingerprint density at radius 2 is 1.77 bits per heavy atom. The summed E-state index contributed by atoms with van der Waals surface area (Å²) in [7, 11) is 1.76. The van der Waals surface area contributed by atoms with Crippen LogP contribution in [0, 0.1) is 23.2 Å². The van der Waals surface area contributed by atoms with E-state index < -0.39 is 41.4 Å². The zero-order valence-electron chi connectivity index (χ0n) is 44.7. The molecule has 7 atom stereocenters. The van der Waals surface area contributed by atoms with E-state index in [1.807, 2.05) is 55.4 Å². The Kier molecular flexibility index (Phi) is 14.4. The lowest BCUT2D eigenvalue weighted by Crippen LogP contribution is -2.61. The number of hydrazine groups is 1. The van der Waals surface area contributed by atoms with Gasteiger partial charge in [0.25, 0.3) is 5.91 Å². The molecule has 398 valence electrons. The van der Waals surface area contributed by atoms with Crippen LogP contribution in [0.4, 0.5) is 5.69 Å². The maximum absolute atomic E-state index is 14.9. The number of amides is 3. The molecule has 11 rings (SSSR count). The minimum Gasteiger partial charge on any atom is -0.464 e. The monoisotopic (exact) mass is 1040 g/mol. The van der Waals surface area contributed by atoms with E-state index in [-0.39, 0.29) is 48.6 Å². The average molecular weight is 1040 g/mol. The van der Waals surface area contributed by atoms with Gasteiger partial charge in [0.1, 0.15) is 18.2 Å². The van der Waals surface area contributed by atoms with Crippen LogP contribution in [0.5, 0.6) is 0 Å². The first-order chi connectivity index (χ1) is 36.2. The number of hydrogen-bond donors (Lipinski definition) is 2. The molecule has 16 nitrogen and oxygen atoms in total. The number of carbonyl (C=O) groups excluding carboxylic acids is 4. The molecule has 75 heavy (non-hydrogen) atoms. The van der Waals surface area contributed by atoms with E-state index in [0.29, 0.717) is 37.4 Å². The number of thiazole rings is 1. The van der Waals surface area contributed by atoms with Gasteiger partial charge in [0.2, 0.25) is 11.8 Å². The number of aromatic nitrogens is 4. The van der Waals surface area contributed by atoms with Crippen molar-refractivity contribution in [1.29, 1.82) is 0 Å². The second-order valence-electron chi connectivity index (χ2n) is 23.0. The van der Waals surface area contributed by atoms with Gasteiger partial charge in [-0.25, -0.2) is 10.4 Å². The molecule has 1 saturated carbocycles. The number of aryl methyl sites for hydroxylation is 1. The summed E-state index contributed by atoms with van der Waals surface area (Å²) in [4.78, 5) is 80.5. The summed E-state index contributed by atoms with van der Waals surface area (Å²) in [5.74, 6) is -3.10. The Morgan fingerprint density at radius 3 is 2.51 bits per heavy atom. The number of rotatable bonds is 11. The van der Waals surface area contributed by atoms with Gasteiger partial charge in [-0.15, -0.1) is 11.3 Å². The van der Waals surface area contributed by atoms with Gasteiger partial charge in [-0.3, -0.25) is 39.1 Å². The SMILES string of the molecule is CCn1c2c3c4cc(ccc41)-c1csc(n1)C[C@H](NC(=O)[C@@H](C(C)C)[C@@H](C)C(=O)N1CCC[C@@H]1Cc1ccccn1)C(=O)N1CCC[C@H](N1)C(=O)OCC(C)(C)C3[C@H](OC)c1ncc(N3CCN(C4CC4)CC3)cc1-2. The number of nitrogens with zero attached hydrogens (tertiary/aromatic N) is 8. The third-order valence-electron chi connectivity index (χ3n) is 17.2. The van der Waals surface area contributed by atoms with Crippen LogP contribution >= 0.6 is 11.3 Å². The first-order valence-electron chi connectivity index (χ1n) is 27.6. The molecule has 2 aliphatic carbocycles. The maximum atomic E-state index is 14.9. The topological polar surface area (TPSA) is 167 Å². The minimum atomic E-state index is -1.04. The molecule has 6 aliphatic rings. The molecule has 4 aliphatic heterocycles. The van der Waals surface area contributed by atoms with Crippen molar-refractivity contribution in [3.05, 3.63) is 82.2 Å². The fourth-order valence-corrected chi connectivity index (χ4v) is 14.1. The molecule has 1 aromatic carbocycles. The van der Waals surface area contributed by atoms with Crippen LogP contribution in [-0.4, -0.2) is 135 Å². The largest absolute Gasteiger partial charge is 0.464 e. The summed E-state index contributed by atoms with van der Waals surface area (Å²) in [6, 6.07) is 13.6. The molecule has 5 aromatic rings. The summed E-state index contributed by atoms with van der Waals surface area (Å²) in [5, 5.41) is 8.40. The predicted octanol–water partition coefficient (Wildman–Crippen LogP) is 7.56. The van der Waals surface area contributed by atoms with Gasteiger partial charge in [0, 0.05) is 134 Å². The van der Waals surface area contributed by atoms with E-state index in [4.69, 9.17) is 19.4 Å². The number of nitrogens with one attached hydrogen (secondary N) is 2. The van der Waals surface area contributed by atoms with Crippen molar-refractivity contribution in [3.8, 4) is 22.5 Å². The Bertz CT molecular complexity index is 2940. The summed E-state index contributed by atoms with van der Waals surface area (Å²) >= 11 is 1.45. The number of likely N-dealkylation sites (tertiary alicyclic amines) is 1. The van der Waals surface area contributed by atoms with Gasteiger partial charge in [-0.05, 0) is 87.3 Å². The fraction of sp³-hybridized carbons (Fsp3) is 0.569. The number of carbonyl (C=O) groups is 4. The first-order valence-corrected chi connectivity index (χ1v) is 28.5. The van der Waals surface area contributed by atoms with Crippen molar-refractivity contribution in [3.63, 3.8) is 0 Å². The summed E-state index contributed by atoms with van der Waals surface area (Å²) in [6.45, 7) is 18.0. The molecular formula is C58H74N10O6S. The predicted molar refractivity (Wildman–Crippen MR) is 290 cm³/mol. The third kappa shape index (κ3) is 9.87. The highest BCUT2D eigenvalue weighted by atomic mass is 32.1. The molecule has 8 heterocycles. The van der Waals surface area contributed by atoms with E-state index in [1.54, 1.807) is 13.3 Å². The maximum Gasteiger partial charge on any atom is 0.324 e. The molecule has 4 aromatic heterocycles. The highest BCUT2D eigenvalue weighted by Crippen LogP contribution is 2.57. The lowest BCUT2D eigenvalue weighted by Gasteiger charge is -2.43. The zero-order valence-corrected chi connectivity index (χ0v) is 45.5. The smallest absolute Gasteiger partial charge is 0.324 e. The van der Waals surface area contributed by atoms with Crippen LogP contribution in [0.2, 0.25) is 0 Å². The second-order valence-corrected chi connectivity index (χ2v) is 23.9. The normalized spacial score (nSPS) is 25.0. The summed E-state index contributed by atoms with van der Waals surface area (Å²) in [6.07, 6.45) is 9.51. The van der Waals surface area contributed by atoms with Crippen LogP contribution in [0.3, 0.4) is 0 Å². The van der Waals surface area contributed by atoms with E-state index in [0.717, 1.165) is 108 Å². The van der Waals surface area contributed by atoms with Crippen molar-refractivity contribution in [2.45, 2.75) is 136 Å². The highest BCUT2D eigenvalue weighted by molar-refractivity contribution is 7.10. The number of esters is 1. The lowest BCUT2D eigenvalue weighted by molar-refractivity contribution is -0.156. The van der Waals surface area contributed by atoms with Gasteiger partial charge in [-0.1, -0.05) is 46.8 Å². The van der Waals surface area contributed by atoms with Gasteiger partial charge in [0.15, 0.2) is 0 Å². The molecule has 1 unspecified atom stereocenters. The molecule has 6 bridgehead atoms. The summed E-state index contributed by atoms with van der Waals surface area (Å²) < 4.78 is 15.3. The summed E-state index contributed by atoms with van der Waals surface area (Å²) in [5.41, 5.74) is 11.6. The second kappa shape index (κ2) is 21.0. The number of pyridine rings is 2. The van der Waals surface area contributed by atoms with Crippen LogP contribution < -0.4 is 15.6 Å². The molecule has 3 amide bonds. The number of cyclic esters (lactones) is 1. The number of ether oxygens (including phenoxy) is 2. The first kappa shape index (κ1) is 51.4. The van der Waals surface area contributed by atoms with Gasteiger partial charge >= 0.3 is 5.97 Å². The quantitative estimate of drug-likeness (QED) is 0.125. The van der Waals surface area contributed by atoms with E-state index in [9.17, 15) is 19.2 Å². The number of benzene rings is 1. The van der Waals surface area contributed by atoms with Crippen LogP contribution in [0.1, 0.15) is 114 Å². The van der Waals surface area contributed by atoms with Crippen molar-refractivity contribution in [2.24, 2.45) is 23.2 Å². The minimum absolute atomic E-state index is 0.00415. The Labute approximate surface area is 444 Å². The molecule has 2 N–H and O–H groups in total. The van der Waals surface area contributed by atoms with Gasteiger partial charge < -0.3 is 29.2 Å². The van der Waals surface area contributed by atoms with E-state index in [2.05, 4.69) is 75.1 Å². The molecule has 0 radical (unpaired) electrons. The van der Waals surface area contributed by atoms with Crippen molar-refractivity contribution < 1.29 is 28.7 Å². The molecule has 3 saturated heterocycles. The average Bonchev–Trinajstić information content (AvgIpc) is 3.85. The number of fused-ring (bicyclic) bond motifs is 8. The number of anilines is 1. The third-order valence-corrected chi connectivity index (χ3v) is 18.1. The Balaban J connectivity index is 0.942. The molecule has 0 spiro atoms. The fourth-order valence-electron chi connectivity index (χ4n) is 13.2. The van der Waals surface area contributed by atoms with Gasteiger partial charge in [0.05, 0.1) is 46.5 Å². The van der Waals surface area contributed by atoms with Crippen molar-refractivity contribution >= 4 is 51.6 Å². The lowest BCUT2D eigenvalue weighted by atomic mass is 9.67. The van der Waals surface area contributed by atoms with Crippen LogP contribution in [-0.2, 0) is 48.0 Å². The van der Waals surface area contributed by atoms with Crippen molar-refractivity contribution in [2.75, 3.05) is 57.9 Å². The molecular weight excluding hydrogens is 965 g/mol. The zero-order chi connectivity index (χ0) is 52.3. The Hall–Kier alpha value is -5.75. The van der Waals surface area contributed by atoms with Crippen LogP contribution in [0.25, 0.3) is 33.4 Å². The molecule has 17 heteroatoms. The van der Waals surface area contributed by atoms with E-state index >= 15 is 0 Å². The van der Waals surface area contributed by atoms with Crippen molar-refractivity contribution in [1.82, 2.24) is 45.1 Å². The van der Waals surface area contributed by atoms with Crippen LogP contribution in [0.15, 0.2) is 60.2 Å². The van der Waals surface area contributed by atoms with Gasteiger partial charge in [-0.2, -0.15) is 0 Å². The standard InChI is InChI=1S/C58H74N10O6S/c1-8-66-46-19-16-36-27-41(46)49-50(53(73-7)51-42(52(49)66)29-40(31-60-51)65-25-23-64(24-26-65)38-17-18-38)58(5,6)33-74-57(72)43-15-12-22-68(63-43)56(71)44(30-47-61-45(36)32-75-47)62-54(69)48(34(2)3)35(4)55(70)67-21-11-14-39(67)28-37-13-9-10-20-59-37/h9-10,13,16,19-20,27,29,31-32,34-35,38-39,43-44,48,50,53,63H,8,11-12,14-15,17-18,21-26,28,30,33H2,1-7H3,(H,62,69)/t35-,39-,43+,44+,48+,50?,53+/m1/s1. The van der Waals surface area contributed by atoms with E-state index in [1.165, 1.54) is 29.2 Å².